The first-order chi connectivity index (χ1) is 8.08. The maximum absolute atomic E-state index is 12.9. The van der Waals surface area contributed by atoms with E-state index in [0.717, 1.165) is 24.2 Å². The molecule has 1 N–H and O–H groups in total. The second-order valence-electron chi connectivity index (χ2n) is 4.75. The number of aliphatic hydroxyl groups excluding tert-OH is 1. The second kappa shape index (κ2) is 7.72. The molecule has 0 fully saturated rings. The molecule has 0 aliphatic carbocycles. The fourth-order valence-corrected chi connectivity index (χ4v) is 2.52. The van der Waals surface area contributed by atoms with Crippen LogP contribution in [0.1, 0.15) is 33.1 Å². The van der Waals surface area contributed by atoms with Gasteiger partial charge < -0.3 is 5.11 Å². The summed E-state index contributed by atoms with van der Waals surface area (Å²) < 4.78 is 12.9. The largest absolute Gasteiger partial charge is 0.392 e. The van der Waals surface area contributed by atoms with Gasteiger partial charge in [-0.05, 0) is 30.5 Å². The lowest BCUT2D eigenvalue weighted by molar-refractivity contribution is 0.183. The van der Waals surface area contributed by atoms with Crippen LogP contribution in [0.25, 0.3) is 0 Å². The fourth-order valence-electron chi connectivity index (χ4n) is 1.59. The predicted molar refractivity (Wildman–Crippen MR) is 71.8 cm³/mol. The molecular formula is C14H21FOS. The van der Waals surface area contributed by atoms with E-state index < -0.39 is 0 Å². The molecule has 0 bridgehead atoms. The van der Waals surface area contributed by atoms with Crippen molar-refractivity contribution >= 4 is 11.8 Å². The van der Waals surface area contributed by atoms with Gasteiger partial charge in [0.25, 0.3) is 0 Å². The quantitative estimate of drug-likeness (QED) is 0.741. The highest BCUT2D eigenvalue weighted by molar-refractivity contribution is 7.99. The molecule has 0 saturated heterocycles. The molecule has 0 saturated carbocycles. The number of aliphatic hydroxyl groups is 1. The molecule has 1 aromatic carbocycles. The summed E-state index contributed by atoms with van der Waals surface area (Å²) in [4.78, 5) is 0.882. The van der Waals surface area contributed by atoms with Crippen LogP contribution in [0.3, 0.4) is 0 Å². The summed E-state index contributed by atoms with van der Waals surface area (Å²) in [6, 6.07) is 6.51. The van der Waals surface area contributed by atoms with Crippen molar-refractivity contribution < 1.29 is 9.50 Å². The molecule has 17 heavy (non-hydrogen) atoms. The molecule has 1 atom stereocenters. The maximum Gasteiger partial charge on any atom is 0.124 e. The van der Waals surface area contributed by atoms with Crippen molar-refractivity contribution in [3.05, 3.63) is 30.1 Å². The van der Waals surface area contributed by atoms with E-state index in [-0.39, 0.29) is 11.9 Å². The Morgan fingerprint density at radius 1 is 1.29 bits per heavy atom. The topological polar surface area (TPSA) is 20.2 Å². The molecule has 96 valence electrons. The van der Waals surface area contributed by atoms with Crippen LogP contribution in [0.15, 0.2) is 29.2 Å². The SMILES string of the molecule is CC(C)CCCC(O)CSc1cccc(F)c1. The van der Waals surface area contributed by atoms with Gasteiger partial charge in [-0.2, -0.15) is 0 Å². The van der Waals surface area contributed by atoms with Crippen molar-refractivity contribution in [2.24, 2.45) is 5.92 Å². The molecule has 0 aliphatic rings. The molecule has 1 unspecified atom stereocenters. The Labute approximate surface area is 107 Å². The molecule has 1 nitrogen and oxygen atoms in total. The van der Waals surface area contributed by atoms with Crippen LogP contribution in [-0.4, -0.2) is 17.0 Å². The lowest BCUT2D eigenvalue weighted by Crippen LogP contribution is -2.09. The van der Waals surface area contributed by atoms with Gasteiger partial charge in [-0.15, -0.1) is 11.8 Å². The van der Waals surface area contributed by atoms with Crippen LogP contribution < -0.4 is 0 Å². The standard InChI is InChI=1S/C14H21FOS/c1-11(2)5-3-7-13(16)10-17-14-8-4-6-12(15)9-14/h4,6,8-9,11,13,16H,3,5,7,10H2,1-2H3. The van der Waals surface area contributed by atoms with Gasteiger partial charge >= 0.3 is 0 Å². The molecule has 0 radical (unpaired) electrons. The van der Waals surface area contributed by atoms with E-state index >= 15 is 0 Å². The number of benzene rings is 1. The zero-order chi connectivity index (χ0) is 12.7. The summed E-state index contributed by atoms with van der Waals surface area (Å²) in [5, 5.41) is 9.78. The summed E-state index contributed by atoms with van der Waals surface area (Å²) in [5.74, 6) is 1.11. The Hall–Kier alpha value is -0.540. The van der Waals surface area contributed by atoms with Gasteiger partial charge in [-0.25, -0.2) is 4.39 Å². The normalized spacial score (nSPS) is 13.0. The summed E-state index contributed by atoms with van der Waals surface area (Å²) in [6.45, 7) is 4.38. The Bertz CT molecular complexity index is 328. The summed E-state index contributed by atoms with van der Waals surface area (Å²) >= 11 is 1.51. The van der Waals surface area contributed by atoms with Crippen LogP contribution in [-0.2, 0) is 0 Å². The lowest BCUT2D eigenvalue weighted by atomic mass is 10.1. The Kier molecular flexibility index (Phi) is 6.60. The molecule has 0 heterocycles. The van der Waals surface area contributed by atoms with Gasteiger partial charge in [0.05, 0.1) is 6.10 Å². The first kappa shape index (κ1) is 14.5. The Morgan fingerprint density at radius 3 is 2.71 bits per heavy atom. The molecule has 1 rings (SSSR count). The first-order valence-electron chi connectivity index (χ1n) is 6.14. The van der Waals surface area contributed by atoms with Gasteiger partial charge in [0, 0.05) is 10.6 Å². The van der Waals surface area contributed by atoms with E-state index in [1.165, 1.54) is 23.9 Å². The lowest BCUT2D eigenvalue weighted by Gasteiger charge is -2.11. The van der Waals surface area contributed by atoms with Crippen molar-refractivity contribution in [2.45, 2.75) is 44.1 Å². The van der Waals surface area contributed by atoms with Gasteiger partial charge in [0.15, 0.2) is 0 Å². The zero-order valence-electron chi connectivity index (χ0n) is 10.5. The van der Waals surface area contributed by atoms with Gasteiger partial charge in [0.2, 0.25) is 0 Å². The van der Waals surface area contributed by atoms with Crippen molar-refractivity contribution in [3.63, 3.8) is 0 Å². The van der Waals surface area contributed by atoms with E-state index in [0.29, 0.717) is 11.7 Å². The monoisotopic (exact) mass is 256 g/mol. The Morgan fingerprint density at radius 2 is 2.06 bits per heavy atom. The average molecular weight is 256 g/mol. The minimum Gasteiger partial charge on any atom is -0.392 e. The average Bonchev–Trinajstić information content (AvgIpc) is 2.26. The molecule has 0 aliphatic heterocycles. The third kappa shape index (κ3) is 6.69. The highest BCUT2D eigenvalue weighted by Crippen LogP contribution is 2.21. The smallest absolute Gasteiger partial charge is 0.124 e. The Balaban J connectivity index is 2.21. The van der Waals surface area contributed by atoms with E-state index in [2.05, 4.69) is 13.8 Å². The van der Waals surface area contributed by atoms with Crippen molar-refractivity contribution in [1.29, 1.82) is 0 Å². The highest BCUT2D eigenvalue weighted by Gasteiger charge is 2.06. The second-order valence-corrected chi connectivity index (χ2v) is 5.84. The zero-order valence-corrected chi connectivity index (χ0v) is 11.3. The van der Waals surface area contributed by atoms with Crippen LogP contribution >= 0.6 is 11.8 Å². The third-order valence-electron chi connectivity index (χ3n) is 2.56. The van der Waals surface area contributed by atoms with Crippen LogP contribution in [0.4, 0.5) is 4.39 Å². The molecular weight excluding hydrogens is 235 g/mol. The highest BCUT2D eigenvalue weighted by atomic mass is 32.2. The van der Waals surface area contributed by atoms with Crippen molar-refractivity contribution in [2.75, 3.05) is 5.75 Å². The van der Waals surface area contributed by atoms with Crippen LogP contribution in [0, 0.1) is 11.7 Å². The minimum absolute atomic E-state index is 0.218. The predicted octanol–water partition coefficient (Wildman–Crippen LogP) is 4.11. The van der Waals surface area contributed by atoms with Gasteiger partial charge in [-0.3, -0.25) is 0 Å². The first-order valence-corrected chi connectivity index (χ1v) is 7.13. The fraction of sp³-hybridized carbons (Fsp3) is 0.571. The molecule has 1 aromatic rings. The van der Waals surface area contributed by atoms with Gasteiger partial charge in [-0.1, -0.05) is 32.8 Å². The summed E-state index contributed by atoms with van der Waals surface area (Å²) in [6.07, 6.45) is 2.76. The van der Waals surface area contributed by atoms with Crippen molar-refractivity contribution in [3.8, 4) is 0 Å². The van der Waals surface area contributed by atoms with Gasteiger partial charge in [0.1, 0.15) is 5.82 Å². The third-order valence-corrected chi connectivity index (χ3v) is 3.70. The summed E-state index contributed by atoms with van der Waals surface area (Å²) in [5.41, 5.74) is 0. The van der Waals surface area contributed by atoms with E-state index in [1.807, 2.05) is 6.07 Å². The number of halogens is 1. The number of hydrogen-bond acceptors (Lipinski definition) is 2. The minimum atomic E-state index is -0.290. The van der Waals surface area contributed by atoms with E-state index in [9.17, 15) is 9.50 Å². The van der Waals surface area contributed by atoms with Crippen LogP contribution in [0.2, 0.25) is 0 Å². The van der Waals surface area contributed by atoms with E-state index in [1.54, 1.807) is 6.07 Å². The molecule has 0 spiro atoms. The number of rotatable bonds is 7. The maximum atomic E-state index is 12.9. The van der Waals surface area contributed by atoms with Crippen molar-refractivity contribution in [1.82, 2.24) is 0 Å². The molecule has 0 aromatic heterocycles. The van der Waals surface area contributed by atoms with E-state index in [4.69, 9.17) is 0 Å². The number of thioether (sulfide) groups is 1. The van der Waals surface area contributed by atoms with Crippen LogP contribution in [0.5, 0.6) is 0 Å². The molecule has 3 heteroatoms. The molecule has 0 amide bonds. The summed E-state index contributed by atoms with van der Waals surface area (Å²) in [7, 11) is 0. The number of hydrogen-bond donors (Lipinski definition) is 1.